The molecule has 4 heterocycles. The van der Waals surface area contributed by atoms with Gasteiger partial charge in [0.2, 0.25) is 0 Å². The molecule has 0 spiro atoms. The van der Waals surface area contributed by atoms with Crippen LogP contribution in [0.5, 0.6) is 5.75 Å². The second-order valence-electron chi connectivity index (χ2n) is 6.42. The van der Waals surface area contributed by atoms with E-state index in [1.54, 1.807) is 22.7 Å². The SMILES string of the molecule is O=C(C1Cc2ccccc2O1)N1CCc2sccc2C1c1cccs1. The van der Waals surface area contributed by atoms with Gasteiger partial charge in [-0.15, -0.1) is 22.7 Å². The first-order valence-corrected chi connectivity index (χ1v) is 10.2. The minimum Gasteiger partial charge on any atom is -0.480 e. The Kier molecular flexibility index (Phi) is 3.64. The van der Waals surface area contributed by atoms with Crippen molar-refractivity contribution in [2.45, 2.75) is 25.0 Å². The number of ether oxygens (including phenoxy) is 1. The standard InChI is InChI=1S/C20H17NO2S2/c22-20(16-12-13-4-1-2-5-15(13)23-16)21-9-7-17-14(8-11-25-17)19(21)18-6-3-10-24-18/h1-6,8,10-11,16,19H,7,9,12H2. The summed E-state index contributed by atoms with van der Waals surface area (Å²) in [7, 11) is 0. The summed E-state index contributed by atoms with van der Waals surface area (Å²) in [6.07, 6.45) is 1.19. The van der Waals surface area contributed by atoms with Gasteiger partial charge in [-0.1, -0.05) is 24.3 Å². The molecule has 2 aromatic heterocycles. The molecule has 0 radical (unpaired) electrons. The number of amides is 1. The van der Waals surface area contributed by atoms with Crippen molar-refractivity contribution in [2.24, 2.45) is 0 Å². The Hall–Kier alpha value is -2.11. The number of carbonyl (C=O) groups excluding carboxylic acids is 1. The van der Waals surface area contributed by atoms with Gasteiger partial charge in [0.1, 0.15) is 5.75 Å². The molecule has 0 saturated heterocycles. The van der Waals surface area contributed by atoms with Gasteiger partial charge in [-0.05, 0) is 46.5 Å². The fraction of sp³-hybridized carbons (Fsp3) is 0.250. The van der Waals surface area contributed by atoms with Crippen molar-refractivity contribution in [1.82, 2.24) is 4.90 Å². The zero-order chi connectivity index (χ0) is 16.8. The van der Waals surface area contributed by atoms with Gasteiger partial charge >= 0.3 is 0 Å². The lowest BCUT2D eigenvalue weighted by Crippen LogP contribution is -2.46. The number of para-hydroxylation sites is 1. The number of hydrogen-bond donors (Lipinski definition) is 0. The number of fused-ring (bicyclic) bond motifs is 2. The molecule has 2 aliphatic rings. The molecule has 3 aromatic rings. The second kappa shape index (κ2) is 6.00. The maximum atomic E-state index is 13.3. The van der Waals surface area contributed by atoms with Crippen molar-refractivity contribution in [3.8, 4) is 5.75 Å². The second-order valence-corrected chi connectivity index (χ2v) is 8.40. The van der Waals surface area contributed by atoms with Crippen LogP contribution >= 0.6 is 22.7 Å². The van der Waals surface area contributed by atoms with Crippen LogP contribution in [-0.4, -0.2) is 23.5 Å². The Balaban J connectivity index is 1.48. The van der Waals surface area contributed by atoms with Crippen molar-refractivity contribution in [2.75, 3.05) is 6.54 Å². The zero-order valence-electron chi connectivity index (χ0n) is 13.6. The smallest absolute Gasteiger partial charge is 0.264 e. The first-order chi connectivity index (χ1) is 12.3. The Labute approximate surface area is 154 Å². The molecular weight excluding hydrogens is 350 g/mol. The van der Waals surface area contributed by atoms with Gasteiger partial charge in [0.25, 0.3) is 5.91 Å². The van der Waals surface area contributed by atoms with Crippen LogP contribution in [-0.2, 0) is 17.6 Å². The van der Waals surface area contributed by atoms with Gasteiger partial charge in [-0.3, -0.25) is 4.79 Å². The predicted molar refractivity (Wildman–Crippen MR) is 100 cm³/mol. The number of carbonyl (C=O) groups is 1. The molecule has 1 aromatic carbocycles. The third-order valence-corrected chi connectivity index (χ3v) is 6.91. The number of hydrogen-bond acceptors (Lipinski definition) is 4. The average molecular weight is 367 g/mol. The van der Waals surface area contributed by atoms with Gasteiger partial charge in [-0.25, -0.2) is 0 Å². The molecule has 2 aliphatic heterocycles. The summed E-state index contributed by atoms with van der Waals surface area (Å²) in [6, 6.07) is 14.3. The summed E-state index contributed by atoms with van der Waals surface area (Å²) in [4.78, 5) is 18.0. The molecule has 5 heteroatoms. The van der Waals surface area contributed by atoms with E-state index in [-0.39, 0.29) is 11.9 Å². The average Bonchev–Trinajstić information content (AvgIpc) is 3.39. The number of benzene rings is 1. The van der Waals surface area contributed by atoms with E-state index < -0.39 is 6.10 Å². The Bertz CT molecular complexity index is 890. The summed E-state index contributed by atoms with van der Waals surface area (Å²) in [5.74, 6) is 0.952. The fourth-order valence-corrected chi connectivity index (χ4v) is 5.57. The topological polar surface area (TPSA) is 29.5 Å². The maximum Gasteiger partial charge on any atom is 0.264 e. The first kappa shape index (κ1) is 15.2. The lowest BCUT2D eigenvalue weighted by molar-refractivity contribution is -0.140. The van der Waals surface area contributed by atoms with E-state index in [2.05, 4.69) is 29.0 Å². The largest absolute Gasteiger partial charge is 0.480 e. The van der Waals surface area contributed by atoms with Crippen LogP contribution in [0.15, 0.2) is 53.2 Å². The minimum absolute atomic E-state index is 0.0230. The Morgan fingerprint density at radius 2 is 2.00 bits per heavy atom. The molecule has 5 rings (SSSR count). The van der Waals surface area contributed by atoms with Crippen LogP contribution in [0, 0.1) is 0 Å². The fourth-order valence-electron chi connectivity index (χ4n) is 3.81. The van der Waals surface area contributed by atoms with Crippen LogP contribution in [0.4, 0.5) is 0 Å². The van der Waals surface area contributed by atoms with Crippen molar-refractivity contribution >= 4 is 28.6 Å². The Morgan fingerprint density at radius 3 is 2.84 bits per heavy atom. The van der Waals surface area contributed by atoms with E-state index >= 15 is 0 Å². The summed E-state index contributed by atoms with van der Waals surface area (Å²) in [6.45, 7) is 0.755. The molecule has 0 saturated carbocycles. The lowest BCUT2D eigenvalue weighted by Gasteiger charge is -2.36. The molecule has 3 nitrogen and oxygen atoms in total. The molecule has 2 atom stereocenters. The predicted octanol–water partition coefficient (Wildman–Crippen LogP) is 4.29. The van der Waals surface area contributed by atoms with Gasteiger partial charge in [0, 0.05) is 22.7 Å². The minimum atomic E-state index is -0.403. The third kappa shape index (κ3) is 2.50. The van der Waals surface area contributed by atoms with E-state index in [0.29, 0.717) is 6.42 Å². The van der Waals surface area contributed by atoms with Gasteiger partial charge in [0.05, 0.1) is 6.04 Å². The first-order valence-electron chi connectivity index (χ1n) is 8.46. The monoisotopic (exact) mass is 367 g/mol. The summed E-state index contributed by atoms with van der Waals surface area (Å²) in [5.41, 5.74) is 2.41. The van der Waals surface area contributed by atoms with Crippen molar-refractivity contribution < 1.29 is 9.53 Å². The van der Waals surface area contributed by atoms with Crippen molar-refractivity contribution in [1.29, 1.82) is 0 Å². The highest BCUT2D eigenvalue weighted by Crippen LogP contribution is 2.40. The highest BCUT2D eigenvalue weighted by atomic mass is 32.1. The molecule has 0 fully saturated rings. The van der Waals surface area contributed by atoms with Crippen LogP contribution < -0.4 is 4.74 Å². The Morgan fingerprint density at radius 1 is 1.08 bits per heavy atom. The highest BCUT2D eigenvalue weighted by Gasteiger charge is 2.39. The summed E-state index contributed by atoms with van der Waals surface area (Å²) < 4.78 is 5.97. The summed E-state index contributed by atoms with van der Waals surface area (Å²) in [5, 5.41) is 4.22. The molecule has 126 valence electrons. The quantitative estimate of drug-likeness (QED) is 0.676. The van der Waals surface area contributed by atoms with Crippen LogP contribution in [0.2, 0.25) is 0 Å². The molecule has 1 amide bonds. The van der Waals surface area contributed by atoms with Crippen LogP contribution in [0.3, 0.4) is 0 Å². The van der Waals surface area contributed by atoms with E-state index in [9.17, 15) is 4.79 Å². The molecular formula is C20H17NO2S2. The van der Waals surface area contributed by atoms with E-state index in [1.807, 2.05) is 29.2 Å². The zero-order valence-corrected chi connectivity index (χ0v) is 15.2. The number of nitrogens with zero attached hydrogens (tertiary/aromatic N) is 1. The summed E-state index contributed by atoms with van der Waals surface area (Å²) >= 11 is 3.52. The van der Waals surface area contributed by atoms with E-state index in [1.165, 1.54) is 15.3 Å². The highest BCUT2D eigenvalue weighted by molar-refractivity contribution is 7.10. The molecule has 25 heavy (non-hydrogen) atoms. The normalized spacial score (nSPS) is 21.5. The maximum absolute atomic E-state index is 13.3. The van der Waals surface area contributed by atoms with Gasteiger partial charge in [0.15, 0.2) is 6.10 Å². The molecule has 0 bridgehead atoms. The lowest BCUT2D eigenvalue weighted by atomic mass is 9.97. The molecule has 0 aliphatic carbocycles. The van der Waals surface area contributed by atoms with Gasteiger partial charge in [-0.2, -0.15) is 0 Å². The third-order valence-electron chi connectivity index (χ3n) is 4.98. The number of thiophene rings is 2. The van der Waals surface area contributed by atoms with Crippen molar-refractivity contribution in [3.05, 3.63) is 74.1 Å². The van der Waals surface area contributed by atoms with E-state index in [0.717, 1.165) is 24.3 Å². The van der Waals surface area contributed by atoms with E-state index in [4.69, 9.17) is 4.74 Å². The van der Waals surface area contributed by atoms with Crippen LogP contribution in [0.25, 0.3) is 0 Å². The molecule has 2 unspecified atom stereocenters. The van der Waals surface area contributed by atoms with Crippen molar-refractivity contribution in [3.63, 3.8) is 0 Å². The molecule has 0 N–H and O–H groups in total. The number of rotatable bonds is 2. The van der Waals surface area contributed by atoms with Crippen LogP contribution in [0.1, 0.15) is 26.9 Å². The van der Waals surface area contributed by atoms with Gasteiger partial charge < -0.3 is 9.64 Å².